The van der Waals surface area contributed by atoms with Crippen LogP contribution in [0.15, 0.2) is 65.8 Å². The van der Waals surface area contributed by atoms with Crippen molar-refractivity contribution in [2.45, 2.75) is 39.7 Å². The third-order valence-corrected chi connectivity index (χ3v) is 7.52. The second-order valence-corrected chi connectivity index (χ2v) is 10.6. The van der Waals surface area contributed by atoms with E-state index in [1.54, 1.807) is 18.3 Å². The second-order valence-electron chi connectivity index (χ2n) is 10.6. The SMILES string of the molecule is CC(C)[C@@H]1CN=CC(c2ccc3cnc(NC(=O)c4ccc(OC5CCNCC5)cc4)cc3c2)=C[C@H]1C. The van der Waals surface area contributed by atoms with Crippen molar-refractivity contribution in [1.82, 2.24) is 10.3 Å². The third kappa shape index (κ3) is 6.08. The van der Waals surface area contributed by atoms with E-state index in [4.69, 9.17) is 9.73 Å². The Morgan fingerprint density at radius 1 is 1.05 bits per heavy atom. The molecule has 1 aromatic heterocycles. The normalized spacial score (nSPS) is 20.5. The number of nitrogens with one attached hydrogen (secondary N) is 2. The van der Waals surface area contributed by atoms with Crippen molar-refractivity contribution in [2.75, 3.05) is 25.0 Å². The zero-order valence-electron chi connectivity index (χ0n) is 21.9. The Hall–Kier alpha value is -3.51. The Morgan fingerprint density at radius 3 is 2.59 bits per heavy atom. The van der Waals surface area contributed by atoms with Crippen LogP contribution in [0.3, 0.4) is 0 Å². The molecule has 3 aromatic rings. The lowest BCUT2D eigenvalue weighted by molar-refractivity contribution is 0.102. The molecule has 5 rings (SSSR count). The molecule has 1 amide bonds. The van der Waals surface area contributed by atoms with Crippen molar-refractivity contribution in [3.63, 3.8) is 0 Å². The molecule has 6 heteroatoms. The summed E-state index contributed by atoms with van der Waals surface area (Å²) in [6.07, 6.45) is 8.37. The van der Waals surface area contributed by atoms with E-state index in [0.717, 1.165) is 60.1 Å². The number of fused-ring (bicyclic) bond motifs is 1. The first-order valence-corrected chi connectivity index (χ1v) is 13.4. The first kappa shape index (κ1) is 25.2. The van der Waals surface area contributed by atoms with Crippen molar-refractivity contribution in [2.24, 2.45) is 22.7 Å². The maximum absolute atomic E-state index is 12.9. The highest BCUT2D eigenvalue weighted by Crippen LogP contribution is 2.29. The maximum Gasteiger partial charge on any atom is 0.256 e. The molecule has 3 heterocycles. The van der Waals surface area contributed by atoms with Crippen LogP contribution in [0.1, 0.15) is 49.5 Å². The third-order valence-electron chi connectivity index (χ3n) is 7.52. The molecule has 2 aliphatic heterocycles. The monoisotopic (exact) mass is 496 g/mol. The zero-order valence-corrected chi connectivity index (χ0v) is 21.9. The molecule has 1 fully saturated rings. The minimum absolute atomic E-state index is 0.191. The summed E-state index contributed by atoms with van der Waals surface area (Å²) in [5.74, 6) is 2.73. The average Bonchev–Trinajstić information content (AvgIpc) is 3.11. The van der Waals surface area contributed by atoms with Crippen molar-refractivity contribution >= 4 is 34.3 Å². The van der Waals surface area contributed by atoms with Crippen LogP contribution in [0, 0.1) is 17.8 Å². The van der Waals surface area contributed by atoms with E-state index < -0.39 is 0 Å². The van der Waals surface area contributed by atoms with Gasteiger partial charge in [-0.3, -0.25) is 9.79 Å². The molecule has 0 spiro atoms. The van der Waals surface area contributed by atoms with E-state index >= 15 is 0 Å². The van der Waals surface area contributed by atoms with E-state index in [1.807, 2.05) is 24.4 Å². The number of benzene rings is 2. The topological polar surface area (TPSA) is 75.6 Å². The van der Waals surface area contributed by atoms with E-state index in [0.29, 0.717) is 29.1 Å². The summed E-state index contributed by atoms with van der Waals surface area (Å²) < 4.78 is 6.05. The van der Waals surface area contributed by atoms with Crippen molar-refractivity contribution in [3.05, 3.63) is 71.9 Å². The largest absolute Gasteiger partial charge is 0.490 e. The molecule has 0 bridgehead atoms. The highest BCUT2D eigenvalue weighted by Gasteiger charge is 2.21. The Labute approximate surface area is 219 Å². The van der Waals surface area contributed by atoms with Gasteiger partial charge in [0.2, 0.25) is 0 Å². The summed E-state index contributed by atoms with van der Waals surface area (Å²) in [5, 5.41) is 8.34. The number of rotatable bonds is 6. The molecular formula is C31H36N4O2. The van der Waals surface area contributed by atoms with Gasteiger partial charge >= 0.3 is 0 Å². The molecule has 0 saturated carbocycles. The fraction of sp³-hybridized carbons (Fsp3) is 0.387. The molecule has 192 valence electrons. The highest BCUT2D eigenvalue weighted by molar-refractivity contribution is 6.11. The maximum atomic E-state index is 12.9. The minimum atomic E-state index is -0.191. The fourth-order valence-electron chi connectivity index (χ4n) is 5.25. The first-order chi connectivity index (χ1) is 18.0. The number of carbonyl (C=O) groups excluding carboxylic acids is 1. The number of pyridine rings is 1. The summed E-state index contributed by atoms with van der Waals surface area (Å²) in [5.41, 5.74) is 2.84. The average molecular weight is 497 g/mol. The quantitative estimate of drug-likeness (QED) is 0.439. The Bertz CT molecular complexity index is 1310. The van der Waals surface area contributed by atoms with Gasteiger partial charge in [0.1, 0.15) is 17.7 Å². The number of nitrogens with zero attached hydrogens (tertiary/aromatic N) is 2. The van der Waals surface area contributed by atoms with Crippen LogP contribution >= 0.6 is 0 Å². The van der Waals surface area contributed by atoms with Gasteiger partial charge in [0.25, 0.3) is 5.91 Å². The van der Waals surface area contributed by atoms with E-state index in [9.17, 15) is 4.79 Å². The number of ether oxygens (including phenoxy) is 1. The van der Waals surface area contributed by atoms with Crippen LogP contribution in [0.4, 0.5) is 5.82 Å². The number of hydrogen-bond acceptors (Lipinski definition) is 5. The van der Waals surface area contributed by atoms with Crippen molar-refractivity contribution in [3.8, 4) is 5.75 Å². The number of aromatic nitrogens is 1. The molecule has 1 saturated heterocycles. The van der Waals surface area contributed by atoms with Gasteiger partial charge < -0.3 is 15.4 Å². The Balaban J connectivity index is 1.29. The van der Waals surface area contributed by atoms with Gasteiger partial charge in [0.15, 0.2) is 0 Å². The van der Waals surface area contributed by atoms with Gasteiger partial charge in [-0.15, -0.1) is 0 Å². The van der Waals surface area contributed by atoms with Gasteiger partial charge in [-0.1, -0.05) is 39.0 Å². The van der Waals surface area contributed by atoms with Crippen LogP contribution in [0.25, 0.3) is 16.3 Å². The van der Waals surface area contributed by atoms with Gasteiger partial charge in [-0.2, -0.15) is 0 Å². The van der Waals surface area contributed by atoms with Crippen molar-refractivity contribution in [1.29, 1.82) is 0 Å². The number of allylic oxidation sites excluding steroid dienone is 2. The number of amides is 1. The van der Waals surface area contributed by atoms with Gasteiger partial charge in [0.05, 0.1) is 0 Å². The highest BCUT2D eigenvalue weighted by atomic mass is 16.5. The lowest BCUT2D eigenvalue weighted by atomic mass is 9.83. The molecule has 2 aliphatic rings. The van der Waals surface area contributed by atoms with Crippen molar-refractivity contribution < 1.29 is 9.53 Å². The summed E-state index contributed by atoms with van der Waals surface area (Å²) >= 11 is 0. The number of anilines is 1. The number of carbonyl (C=O) groups is 1. The van der Waals surface area contributed by atoms with Gasteiger partial charge in [-0.25, -0.2) is 4.98 Å². The van der Waals surface area contributed by atoms with E-state index in [-0.39, 0.29) is 12.0 Å². The summed E-state index contributed by atoms with van der Waals surface area (Å²) in [6.45, 7) is 9.64. The molecule has 2 N–H and O–H groups in total. The first-order valence-electron chi connectivity index (χ1n) is 13.4. The molecule has 0 unspecified atom stereocenters. The van der Waals surface area contributed by atoms with Crippen LogP contribution < -0.4 is 15.4 Å². The Morgan fingerprint density at radius 2 is 1.84 bits per heavy atom. The number of piperidine rings is 1. The molecule has 2 aromatic carbocycles. The molecular weight excluding hydrogens is 460 g/mol. The lowest BCUT2D eigenvalue weighted by Gasteiger charge is -2.23. The van der Waals surface area contributed by atoms with E-state index in [2.05, 4.69) is 60.7 Å². The number of hydrogen-bond donors (Lipinski definition) is 2. The minimum Gasteiger partial charge on any atom is -0.490 e. The predicted octanol–water partition coefficient (Wildman–Crippen LogP) is 5.99. The van der Waals surface area contributed by atoms with E-state index in [1.165, 1.54) is 0 Å². The Kier molecular flexibility index (Phi) is 7.65. The molecule has 0 aliphatic carbocycles. The lowest BCUT2D eigenvalue weighted by Crippen LogP contribution is -2.34. The molecule has 0 radical (unpaired) electrons. The van der Waals surface area contributed by atoms with Gasteiger partial charge in [-0.05, 0) is 96.6 Å². The predicted molar refractivity (Wildman–Crippen MR) is 151 cm³/mol. The van der Waals surface area contributed by atoms with Crippen LogP contribution in [-0.4, -0.2) is 42.8 Å². The summed E-state index contributed by atoms with van der Waals surface area (Å²) in [6, 6.07) is 15.6. The second kappa shape index (κ2) is 11.3. The van der Waals surface area contributed by atoms with Crippen LogP contribution in [0.2, 0.25) is 0 Å². The molecule has 6 nitrogen and oxygen atoms in total. The summed E-state index contributed by atoms with van der Waals surface area (Å²) in [7, 11) is 0. The zero-order chi connectivity index (χ0) is 25.8. The number of aliphatic imine (C=N–C) groups is 1. The molecule has 37 heavy (non-hydrogen) atoms. The van der Waals surface area contributed by atoms with Gasteiger partial charge in [0, 0.05) is 29.9 Å². The standard InChI is InChI=1S/C31H36N4O2/c1-20(2)29-19-33-17-26(14-21(29)3)23-4-5-24-18-34-30(16-25(24)15-23)35-31(36)22-6-8-27(9-7-22)37-28-10-12-32-13-11-28/h4-9,14-18,20-21,28-29,32H,10-13,19H2,1-3H3,(H,34,35,36)/t21-,29+/m1/s1. The fourth-order valence-corrected chi connectivity index (χ4v) is 5.25. The molecule has 2 atom stereocenters. The van der Waals surface area contributed by atoms with Crippen LogP contribution in [-0.2, 0) is 0 Å². The summed E-state index contributed by atoms with van der Waals surface area (Å²) in [4.78, 5) is 22.1. The smallest absolute Gasteiger partial charge is 0.256 e. The van der Waals surface area contributed by atoms with Crippen LogP contribution in [0.5, 0.6) is 5.75 Å².